The minimum absolute atomic E-state index is 0.210. The van der Waals surface area contributed by atoms with E-state index in [4.69, 9.17) is 5.11 Å². The summed E-state index contributed by atoms with van der Waals surface area (Å²) in [6, 6.07) is 8.01. The van der Waals surface area contributed by atoms with Gasteiger partial charge in [0.05, 0.1) is 0 Å². The van der Waals surface area contributed by atoms with E-state index in [1.165, 1.54) is 12.1 Å². The standard InChI is InChI=1S/C14H14FNO2/c1-9-11(8-13(16-9)14(17)18)5-2-10-3-6-12(15)7-4-10/h3-4,6-8,16H,2,5H2,1H3,(H,17,18). The fourth-order valence-electron chi connectivity index (χ4n) is 1.91. The van der Waals surface area contributed by atoms with E-state index in [9.17, 15) is 9.18 Å². The van der Waals surface area contributed by atoms with Crippen LogP contribution in [0.5, 0.6) is 0 Å². The molecule has 0 amide bonds. The van der Waals surface area contributed by atoms with E-state index in [1.807, 2.05) is 6.92 Å². The average molecular weight is 247 g/mol. The summed E-state index contributed by atoms with van der Waals surface area (Å²) in [7, 11) is 0. The number of carbonyl (C=O) groups is 1. The van der Waals surface area contributed by atoms with Crippen molar-refractivity contribution in [1.29, 1.82) is 0 Å². The van der Waals surface area contributed by atoms with Crippen LogP contribution in [0.25, 0.3) is 0 Å². The number of hydrogen-bond acceptors (Lipinski definition) is 1. The highest BCUT2D eigenvalue weighted by Crippen LogP contribution is 2.14. The SMILES string of the molecule is Cc1[nH]c(C(=O)O)cc1CCc1ccc(F)cc1. The molecular formula is C14H14FNO2. The number of carboxylic acids is 1. The molecule has 2 aromatic rings. The summed E-state index contributed by atoms with van der Waals surface area (Å²) in [4.78, 5) is 13.6. The number of H-pyrrole nitrogens is 1. The lowest BCUT2D eigenvalue weighted by atomic mass is 10.0. The van der Waals surface area contributed by atoms with E-state index in [2.05, 4.69) is 4.98 Å². The third kappa shape index (κ3) is 2.77. The molecule has 4 heteroatoms. The first-order chi connectivity index (χ1) is 8.56. The molecule has 0 atom stereocenters. The van der Waals surface area contributed by atoms with Crippen LogP contribution in [-0.4, -0.2) is 16.1 Å². The molecule has 0 unspecified atom stereocenters. The normalized spacial score (nSPS) is 10.6. The van der Waals surface area contributed by atoms with Crippen LogP contribution in [0.2, 0.25) is 0 Å². The highest BCUT2D eigenvalue weighted by atomic mass is 19.1. The number of carboxylic acid groups (broad SMARTS) is 1. The lowest BCUT2D eigenvalue weighted by Gasteiger charge is -2.01. The van der Waals surface area contributed by atoms with Gasteiger partial charge < -0.3 is 10.1 Å². The molecule has 18 heavy (non-hydrogen) atoms. The summed E-state index contributed by atoms with van der Waals surface area (Å²) >= 11 is 0. The molecule has 0 saturated heterocycles. The number of halogens is 1. The summed E-state index contributed by atoms with van der Waals surface area (Å²) in [5, 5.41) is 8.87. The highest BCUT2D eigenvalue weighted by molar-refractivity contribution is 5.86. The maximum atomic E-state index is 12.7. The van der Waals surface area contributed by atoms with Gasteiger partial charge in [0.25, 0.3) is 0 Å². The average Bonchev–Trinajstić information content (AvgIpc) is 2.70. The first kappa shape index (κ1) is 12.4. The van der Waals surface area contributed by atoms with Crippen LogP contribution < -0.4 is 0 Å². The second kappa shape index (κ2) is 5.04. The first-order valence-corrected chi connectivity index (χ1v) is 5.72. The van der Waals surface area contributed by atoms with Crippen LogP contribution in [-0.2, 0) is 12.8 Å². The molecule has 1 heterocycles. The Morgan fingerprint density at radius 2 is 1.94 bits per heavy atom. The molecule has 1 aromatic carbocycles. The molecule has 0 aliphatic heterocycles. The van der Waals surface area contributed by atoms with Gasteiger partial charge in [0.15, 0.2) is 0 Å². The minimum Gasteiger partial charge on any atom is -0.477 e. The maximum absolute atomic E-state index is 12.7. The lowest BCUT2D eigenvalue weighted by Crippen LogP contribution is -1.95. The Labute approximate surface area is 104 Å². The Hall–Kier alpha value is -2.10. The molecule has 0 radical (unpaired) electrons. The first-order valence-electron chi connectivity index (χ1n) is 5.72. The van der Waals surface area contributed by atoms with Crippen LogP contribution in [0.3, 0.4) is 0 Å². The number of hydrogen-bond donors (Lipinski definition) is 2. The van der Waals surface area contributed by atoms with Crippen molar-refractivity contribution in [3.8, 4) is 0 Å². The summed E-state index contributed by atoms with van der Waals surface area (Å²) in [5.41, 5.74) is 3.10. The molecule has 0 aliphatic carbocycles. The quantitative estimate of drug-likeness (QED) is 0.872. The van der Waals surface area contributed by atoms with Crippen molar-refractivity contribution in [1.82, 2.24) is 4.98 Å². The zero-order chi connectivity index (χ0) is 13.1. The van der Waals surface area contributed by atoms with Crippen molar-refractivity contribution in [3.63, 3.8) is 0 Å². The Balaban J connectivity index is 2.06. The van der Waals surface area contributed by atoms with Crippen molar-refractivity contribution in [2.45, 2.75) is 19.8 Å². The number of rotatable bonds is 4. The Bertz CT molecular complexity index is 558. The van der Waals surface area contributed by atoms with E-state index in [0.29, 0.717) is 0 Å². The largest absolute Gasteiger partial charge is 0.477 e. The topological polar surface area (TPSA) is 53.1 Å². The molecule has 0 fully saturated rings. The molecule has 0 spiro atoms. The van der Waals surface area contributed by atoms with Gasteiger partial charge in [-0.05, 0) is 49.1 Å². The Morgan fingerprint density at radius 3 is 2.50 bits per heavy atom. The molecular weight excluding hydrogens is 233 g/mol. The molecule has 2 rings (SSSR count). The van der Waals surface area contributed by atoms with Crippen molar-refractivity contribution in [2.75, 3.05) is 0 Å². The van der Waals surface area contributed by atoms with E-state index in [-0.39, 0.29) is 11.5 Å². The lowest BCUT2D eigenvalue weighted by molar-refractivity contribution is 0.0691. The van der Waals surface area contributed by atoms with E-state index in [1.54, 1.807) is 18.2 Å². The summed E-state index contributed by atoms with van der Waals surface area (Å²) < 4.78 is 12.7. The number of aromatic nitrogens is 1. The van der Waals surface area contributed by atoms with Gasteiger partial charge in [0.1, 0.15) is 11.5 Å². The number of aromatic amines is 1. The van der Waals surface area contributed by atoms with Crippen molar-refractivity contribution in [2.24, 2.45) is 0 Å². The Kier molecular flexibility index (Phi) is 3.46. The molecule has 94 valence electrons. The van der Waals surface area contributed by atoms with Crippen LogP contribution in [0.15, 0.2) is 30.3 Å². The zero-order valence-electron chi connectivity index (χ0n) is 10.0. The summed E-state index contributed by atoms with van der Waals surface area (Å²) in [6.45, 7) is 1.85. The van der Waals surface area contributed by atoms with Crippen LogP contribution in [0.1, 0.15) is 27.3 Å². The van der Waals surface area contributed by atoms with Gasteiger partial charge in [-0.1, -0.05) is 12.1 Å². The smallest absolute Gasteiger partial charge is 0.352 e. The molecule has 0 aliphatic rings. The third-order valence-corrected chi connectivity index (χ3v) is 2.95. The van der Waals surface area contributed by atoms with Gasteiger partial charge in [-0.2, -0.15) is 0 Å². The fraction of sp³-hybridized carbons (Fsp3) is 0.214. The van der Waals surface area contributed by atoms with Gasteiger partial charge in [0.2, 0.25) is 0 Å². The van der Waals surface area contributed by atoms with E-state index in [0.717, 1.165) is 29.7 Å². The number of nitrogens with one attached hydrogen (secondary N) is 1. The zero-order valence-corrected chi connectivity index (χ0v) is 10.0. The summed E-state index contributed by atoms with van der Waals surface area (Å²) in [6.07, 6.45) is 1.50. The van der Waals surface area contributed by atoms with Gasteiger partial charge >= 0.3 is 5.97 Å². The summed E-state index contributed by atoms with van der Waals surface area (Å²) in [5.74, 6) is -1.20. The van der Waals surface area contributed by atoms with Crippen molar-refractivity contribution >= 4 is 5.97 Å². The number of aryl methyl sites for hydroxylation is 3. The van der Waals surface area contributed by atoms with E-state index < -0.39 is 5.97 Å². The van der Waals surface area contributed by atoms with Crippen LogP contribution >= 0.6 is 0 Å². The van der Waals surface area contributed by atoms with Gasteiger partial charge in [-0.25, -0.2) is 9.18 Å². The Morgan fingerprint density at radius 1 is 1.28 bits per heavy atom. The van der Waals surface area contributed by atoms with E-state index >= 15 is 0 Å². The van der Waals surface area contributed by atoms with Crippen LogP contribution in [0.4, 0.5) is 4.39 Å². The number of aromatic carboxylic acids is 1. The predicted molar refractivity (Wildman–Crippen MR) is 66.3 cm³/mol. The second-order valence-electron chi connectivity index (χ2n) is 4.26. The molecule has 3 nitrogen and oxygen atoms in total. The maximum Gasteiger partial charge on any atom is 0.352 e. The van der Waals surface area contributed by atoms with Gasteiger partial charge in [0, 0.05) is 5.69 Å². The molecule has 0 bridgehead atoms. The van der Waals surface area contributed by atoms with Crippen LogP contribution in [0, 0.1) is 12.7 Å². The molecule has 0 saturated carbocycles. The minimum atomic E-state index is -0.953. The monoisotopic (exact) mass is 247 g/mol. The molecule has 2 N–H and O–H groups in total. The highest BCUT2D eigenvalue weighted by Gasteiger charge is 2.09. The van der Waals surface area contributed by atoms with Gasteiger partial charge in [-0.15, -0.1) is 0 Å². The predicted octanol–water partition coefficient (Wildman–Crippen LogP) is 2.95. The number of benzene rings is 1. The van der Waals surface area contributed by atoms with Crippen molar-refractivity contribution < 1.29 is 14.3 Å². The van der Waals surface area contributed by atoms with Gasteiger partial charge in [-0.3, -0.25) is 0 Å². The van der Waals surface area contributed by atoms with Crippen molar-refractivity contribution in [3.05, 3.63) is 58.7 Å². The molecule has 1 aromatic heterocycles. The second-order valence-corrected chi connectivity index (χ2v) is 4.26. The third-order valence-electron chi connectivity index (χ3n) is 2.95. The fourth-order valence-corrected chi connectivity index (χ4v) is 1.91.